The molecule has 0 aliphatic heterocycles. The van der Waals surface area contributed by atoms with Gasteiger partial charge in [0.05, 0.1) is 0 Å². The van der Waals surface area contributed by atoms with Crippen LogP contribution in [0.2, 0.25) is 5.02 Å². The fourth-order valence-electron chi connectivity index (χ4n) is 1.65. The summed E-state index contributed by atoms with van der Waals surface area (Å²) in [5.74, 6) is 0. The lowest BCUT2D eigenvalue weighted by Gasteiger charge is -2.11. The van der Waals surface area contributed by atoms with Crippen LogP contribution in [-0.2, 0) is 6.42 Å². The Morgan fingerprint density at radius 1 is 1.06 bits per heavy atom. The molecule has 0 aliphatic rings. The molecule has 0 heterocycles. The lowest BCUT2D eigenvalue weighted by molar-refractivity contribution is 0.949. The van der Waals surface area contributed by atoms with Gasteiger partial charge in [0.2, 0.25) is 0 Å². The quantitative estimate of drug-likeness (QED) is 0.446. The van der Waals surface area contributed by atoms with Crippen LogP contribution in [0.1, 0.15) is 16.0 Å². The first-order valence-corrected chi connectivity index (χ1v) is 7.67. The Morgan fingerprint density at radius 3 is 2.35 bits per heavy atom. The van der Waals surface area contributed by atoms with Gasteiger partial charge >= 0.3 is 0 Å². The van der Waals surface area contributed by atoms with Crippen molar-refractivity contribution in [3.63, 3.8) is 0 Å². The first-order chi connectivity index (χ1) is 8.16. The van der Waals surface area contributed by atoms with Gasteiger partial charge in [0.25, 0.3) is 0 Å². The molecule has 0 spiro atoms. The van der Waals surface area contributed by atoms with Crippen LogP contribution in [0.5, 0.6) is 0 Å². The zero-order valence-electron chi connectivity index (χ0n) is 9.04. The molecule has 2 rings (SSSR count). The standard InChI is InChI=1S/C14H11BrClI/c15-13(10-5-7-12(17)8-6-10)9-11-3-1-2-4-14(11)16/h1-8,13H,9H2. The van der Waals surface area contributed by atoms with Crippen LogP contribution >= 0.6 is 50.1 Å². The van der Waals surface area contributed by atoms with E-state index in [0.717, 1.165) is 11.4 Å². The van der Waals surface area contributed by atoms with Crippen LogP contribution < -0.4 is 0 Å². The summed E-state index contributed by atoms with van der Waals surface area (Å²) in [4.78, 5) is 0.305. The Morgan fingerprint density at radius 2 is 1.71 bits per heavy atom. The van der Waals surface area contributed by atoms with Crippen molar-refractivity contribution in [1.29, 1.82) is 0 Å². The smallest absolute Gasteiger partial charge is 0.0438 e. The van der Waals surface area contributed by atoms with Crippen molar-refractivity contribution in [2.75, 3.05) is 0 Å². The summed E-state index contributed by atoms with van der Waals surface area (Å²) in [6, 6.07) is 16.5. The van der Waals surface area contributed by atoms with Gasteiger partial charge in [0.15, 0.2) is 0 Å². The van der Waals surface area contributed by atoms with Gasteiger partial charge in [-0.15, -0.1) is 0 Å². The fourth-order valence-corrected chi connectivity index (χ4v) is 2.87. The molecule has 17 heavy (non-hydrogen) atoms. The van der Waals surface area contributed by atoms with Gasteiger partial charge in [-0.3, -0.25) is 0 Å². The van der Waals surface area contributed by atoms with Crippen molar-refractivity contribution >= 4 is 50.1 Å². The third-order valence-electron chi connectivity index (χ3n) is 2.59. The number of hydrogen-bond acceptors (Lipinski definition) is 0. The molecule has 3 heteroatoms. The maximum absolute atomic E-state index is 6.16. The molecule has 2 aromatic carbocycles. The molecule has 1 unspecified atom stereocenters. The molecule has 1 atom stereocenters. The van der Waals surface area contributed by atoms with E-state index in [0.29, 0.717) is 4.83 Å². The molecular weight excluding hydrogens is 410 g/mol. The lowest BCUT2D eigenvalue weighted by Crippen LogP contribution is -1.96. The van der Waals surface area contributed by atoms with Gasteiger partial charge in [-0.1, -0.05) is 57.9 Å². The summed E-state index contributed by atoms with van der Waals surface area (Å²) in [6.07, 6.45) is 0.903. The lowest BCUT2D eigenvalue weighted by atomic mass is 10.0. The van der Waals surface area contributed by atoms with E-state index in [1.165, 1.54) is 14.7 Å². The summed E-state index contributed by atoms with van der Waals surface area (Å²) in [5, 5.41) is 0.836. The number of rotatable bonds is 3. The van der Waals surface area contributed by atoms with E-state index in [2.05, 4.69) is 68.9 Å². The molecule has 0 saturated heterocycles. The molecule has 0 aromatic heterocycles. The van der Waals surface area contributed by atoms with Gasteiger partial charge in [-0.05, 0) is 58.3 Å². The average molecular weight is 422 g/mol. The number of alkyl halides is 1. The van der Waals surface area contributed by atoms with Crippen LogP contribution in [-0.4, -0.2) is 0 Å². The Balaban J connectivity index is 2.14. The molecule has 0 saturated carbocycles. The van der Waals surface area contributed by atoms with Crippen molar-refractivity contribution in [1.82, 2.24) is 0 Å². The van der Waals surface area contributed by atoms with Gasteiger partial charge < -0.3 is 0 Å². The van der Waals surface area contributed by atoms with Crippen molar-refractivity contribution < 1.29 is 0 Å². The maximum Gasteiger partial charge on any atom is 0.0438 e. The summed E-state index contributed by atoms with van der Waals surface area (Å²) >= 11 is 12.2. The van der Waals surface area contributed by atoms with Crippen LogP contribution in [0.25, 0.3) is 0 Å². The highest BCUT2D eigenvalue weighted by Gasteiger charge is 2.10. The fraction of sp³-hybridized carbons (Fsp3) is 0.143. The van der Waals surface area contributed by atoms with Crippen LogP contribution in [0.4, 0.5) is 0 Å². The van der Waals surface area contributed by atoms with Crippen molar-refractivity contribution in [3.8, 4) is 0 Å². The van der Waals surface area contributed by atoms with E-state index in [-0.39, 0.29) is 0 Å². The topological polar surface area (TPSA) is 0 Å². The number of benzene rings is 2. The van der Waals surface area contributed by atoms with Gasteiger partial charge in [-0.2, -0.15) is 0 Å². The Hall–Kier alpha value is -0.0600. The molecule has 0 nitrogen and oxygen atoms in total. The number of hydrogen-bond donors (Lipinski definition) is 0. The largest absolute Gasteiger partial charge is 0.0840 e. The number of halogens is 3. The van der Waals surface area contributed by atoms with Gasteiger partial charge in [0.1, 0.15) is 0 Å². The van der Waals surface area contributed by atoms with Gasteiger partial charge in [0, 0.05) is 13.4 Å². The molecule has 0 fully saturated rings. The third kappa shape index (κ3) is 3.70. The summed E-state index contributed by atoms with van der Waals surface area (Å²) in [5.41, 5.74) is 2.46. The average Bonchev–Trinajstić information content (AvgIpc) is 2.33. The molecule has 2 aromatic rings. The predicted molar refractivity (Wildman–Crippen MR) is 86.0 cm³/mol. The Bertz CT molecular complexity index is 496. The minimum absolute atomic E-state index is 0.305. The third-order valence-corrected chi connectivity index (χ3v) is 4.53. The van der Waals surface area contributed by atoms with Crippen LogP contribution in [0.3, 0.4) is 0 Å². The first kappa shape index (κ1) is 13.4. The van der Waals surface area contributed by atoms with Crippen molar-refractivity contribution in [2.45, 2.75) is 11.2 Å². The summed E-state index contributed by atoms with van der Waals surface area (Å²) < 4.78 is 1.25. The Labute approximate surface area is 129 Å². The van der Waals surface area contributed by atoms with E-state index in [4.69, 9.17) is 11.6 Å². The minimum Gasteiger partial charge on any atom is -0.0840 e. The maximum atomic E-state index is 6.16. The molecule has 0 radical (unpaired) electrons. The van der Waals surface area contributed by atoms with Crippen molar-refractivity contribution in [2.24, 2.45) is 0 Å². The molecule has 0 amide bonds. The van der Waals surface area contributed by atoms with E-state index in [1.54, 1.807) is 0 Å². The molecule has 0 bridgehead atoms. The molecule has 0 aliphatic carbocycles. The van der Waals surface area contributed by atoms with E-state index in [1.807, 2.05) is 18.2 Å². The van der Waals surface area contributed by atoms with Crippen LogP contribution in [0.15, 0.2) is 48.5 Å². The van der Waals surface area contributed by atoms with Gasteiger partial charge in [-0.25, -0.2) is 0 Å². The zero-order chi connectivity index (χ0) is 12.3. The second-order valence-electron chi connectivity index (χ2n) is 3.81. The monoisotopic (exact) mass is 420 g/mol. The highest BCUT2D eigenvalue weighted by molar-refractivity contribution is 14.1. The predicted octanol–water partition coefficient (Wildman–Crippen LogP) is 5.62. The van der Waals surface area contributed by atoms with Crippen molar-refractivity contribution in [3.05, 3.63) is 68.3 Å². The normalized spacial score (nSPS) is 12.4. The zero-order valence-corrected chi connectivity index (χ0v) is 13.5. The minimum atomic E-state index is 0.305. The highest BCUT2D eigenvalue weighted by atomic mass is 127. The first-order valence-electron chi connectivity index (χ1n) is 5.30. The second kappa shape index (κ2) is 6.21. The Kier molecular flexibility index (Phi) is 4.88. The SMILES string of the molecule is Clc1ccccc1CC(Br)c1ccc(I)cc1. The molecule has 0 N–H and O–H groups in total. The van der Waals surface area contributed by atoms with E-state index in [9.17, 15) is 0 Å². The summed E-state index contributed by atoms with van der Waals surface area (Å²) in [7, 11) is 0. The van der Waals surface area contributed by atoms with Crippen LogP contribution in [0, 0.1) is 3.57 Å². The van der Waals surface area contributed by atoms with E-state index < -0.39 is 0 Å². The highest BCUT2D eigenvalue weighted by Crippen LogP contribution is 2.29. The van der Waals surface area contributed by atoms with E-state index >= 15 is 0 Å². The molecule has 88 valence electrons. The summed E-state index contributed by atoms with van der Waals surface area (Å²) in [6.45, 7) is 0. The molecular formula is C14H11BrClI. The second-order valence-corrected chi connectivity index (χ2v) is 6.57.